The third kappa shape index (κ3) is 4.52. The van der Waals surface area contributed by atoms with Crippen molar-refractivity contribution in [2.24, 2.45) is 5.73 Å². The van der Waals surface area contributed by atoms with E-state index in [0.717, 1.165) is 5.56 Å². The molecule has 0 unspecified atom stereocenters. The van der Waals surface area contributed by atoms with Gasteiger partial charge in [0.2, 0.25) is 5.91 Å². The average molecular weight is 251 g/mol. The molecule has 1 aromatic rings. The van der Waals surface area contributed by atoms with Crippen molar-refractivity contribution in [2.45, 2.75) is 19.4 Å². The van der Waals surface area contributed by atoms with E-state index in [4.69, 9.17) is 10.9 Å². The highest BCUT2D eigenvalue weighted by Gasteiger charge is 2.05. The van der Waals surface area contributed by atoms with Crippen molar-refractivity contribution < 1.29 is 14.8 Å². The largest absolute Gasteiger partial charge is 0.352 e. The van der Waals surface area contributed by atoms with E-state index in [-0.39, 0.29) is 12.3 Å². The van der Waals surface area contributed by atoms with E-state index in [1.54, 1.807) is 24.3 Å². The van der Waals surface area contributed by atoms with Crippen LogP contribution in [0.4, 0.5) is 0 Å². The molecule has 0 aromatic heterocycles. The summed E-state index contributed by atoms with van der Waals surface area (Å²) >= 11 is 0. The van der Waals surface area contributed by atoms with Crippen LogP contribution in [-0.2, 0) is 11.3 Å². The molecular weight excluding hydrogens is 234 g/mol. The first-order chi connectivity index (χ1) is 8.67. The number of benzene rings is 1. The summed E-state index contributed by atoms with van der Waals surface area (Å²) in [5.74, 6) is -0.653. The first-order valence-electron chi connectivity index (χ1n) is 5.67. The molecule has 2 amide bonds. The molecule has 0 aliphatic rings. The highest BCUT2D eigenvalue weighted by atomic mass is 16.5. The van der Waals surface area contributed by atoms with E-state index in [0.29, 0.717) is 25.1 Å². The van der Waals surface area contributed by atoms with E-state index in [1.165, 1.54) is 5.48 Å². The molecule has 0 aliphatic carbocycles. The lowest BCUT2D eigenvalue weighted by atomic mass is 10.1. The Bertz CT molecular complexity index is 404. The van der Waals surface area contributed by atoms with Crippen LogP contribution in [0.1, 0.15) is 28.8 Å². The van der Waals surface area contributed by atoms with Gasteiger partial charge in [0.1, 0.15) is 0 Å². The molecule has 0 aliphatic heterocycles. The summed E-state index contributed by atoms with van der Waals surface area (Å²) in [4.78, 5) is 22.4. The SMILES string of the molecule is NCc1ccc(C(=O)NCCCC(=O)NO)cc1. The molecule has 0 bridgehead atoms. The molecule has 0 saturated heterocycles. The minimum absolute atomic E-state index is 0.170. The zero-order valence-electron chi connectivity index (χ0n) is 9.98. The molecular formula is C12H17N3O3. The monoisotopic (exact) mass is 251 g/mol. The third-order valence-corrected chi connectivity index (χ3v) is 2.44. The van der Waals surface area contributed by atoms with E-state index in [9.17, 15) is 9.59 Å². The topological polar surface area (TPSA) is 104 Å². The van der Waals surface area contributed by atoms with Crippen molar-refractivity contribution in [1.82, 2.24) is 10.8 Å². The number of hydrogen-bond acceptors (Lipinski definition) is 4. The average Bonchev–Trinajstić information content (AvgIpc) is 2.43. The second-order valence-corrected chi connectivity index (χ2v) is 3.80. The summed E-state index contributed by atoms with van der Waals surface area (Å²) in [7, 11) is 0. The molecule has 0 spiro atoms. The Hall–Kier alpha value is -1.92. The third-order valence-electron chi connectivity index (χ3n) is 2.44. The number of amides is 2. The van der Waals surface area contributed by atoms with E-state index in [1.807, 2.05) is 0 Å². The first kappa shape index (κ1) is 14.1. The van der Waals surface area contributed by atoms with Gasteiger partial charge in [-0.1, -0.05) is 12.1 Å². The highest BCUT2D eigenvalue weighted by molar-refractivity contribution is 5.94. The van der Waals surface area contributed by atoms with Crippen LogP contribution in [0.25, 0.3) is 0 Å². The Labute approximate surface area is 105 Å². The van der Waals surface area contributed by atoms with Crippen LogP contribution in [0.15, 0.2) is 24.3 Å². The number of hydroxylamine groups is 1. The van der Waals surface area contributed by atoms with Gasteiger partial charge < -0.3 is 11.1 Å². The minimum Gasteiger partial charge on any atom is -0.352 e. The maximum absolute atomic E-state index is 11.7. The van der Waals surface area contributed by atoms with Gasteiger partial charge in [0.25, 0.3) is 5.91 Å². The lowest BCUT2D eigenvalue weighted by Gasteiger charge is -2.05. The van der Waals surface area contributed by atoms with Crippen molar-refractivity contribution in [3.05, 3.63) is 35.4 Å². The number of carbonyl (C=O) groups is 2. The van der Waals surface area contributed by atoms with Crippen molar-refractivity contribution >= 4 is 11.8 Å². The predicted octanol–water partition coefficient (Wildman–Crippen LogP) is 0.161. The molecule has 1 rings (SSSR count). The summed E-state index contributed by atoms with van der Waals surface area (Å²) in [5, 5.41) is 11.0. The molecule has 0 saturated carbocycles. The zero-order valence-corrected chi connectivity index (χ0v) is 9.98. The van der Waals surface area contributed by atoms with E-state index >= 15 is 0 Å². The predicted molar refractivity (Wildman–Crippen MR) is 65.8 cm³/mol. The van der Waals surface area contributed by atoms with Gasteiger partial charge in [-0.05, 0) is 24.1 Å². The van der Waals surface area contributed by atoms with Crippen molar-refractivity contribution in [1.29, 1.82) is 0 Å². The van der Waals surface area contributed by atoms with Gasteiger partial charge in [0.05, 0.1) is 0 Å². The second-order valence-electron chi connectivity index (χ2n) is 3.80. The fraction of sp³-hybridized carbons (Fsp3) is 0.333. The Morgan fingerprint density at radius 3 is 2.44 bits per heavy atom. The van der Waals surface area contributed by atoms with Gasteiger partial charge in [-0.15, -0.1) is 0 Å². The Morgan fingerprint density at radius 2 is 1.89 bits per heavy atom. The van der Waals surface area contributed by atoms with Gasteiger partial charge in [0.15, 0.2) is 0 Å². The normalized spacial score (nSPS) is 9.89. The number of hydrogen-bond donors (Lipinski definition) is 4. The Morgan fingerprint density at radius 1 is 1.22 bits per heavy atom. The number of nitrogens with one attached hydrogen (secondary N) is 2. The van der Waals surface area contributed by atoms with Gasteiger partial charge in [-0.25, -0.2) is 5.48 Å². The summed E-state index contributed by atoms with van der Waals surface area (Å²) in [5.41, 5.74) is 8.51. The molecule has 0 atom stereocenters. The van der Waals surface area contributed by atoms with Crippen LogP contribution >= 0.6 is 0 Å². The molecule has 18 heavy (non-hydrogen) atoms. The minimum atomic E-state index is -0.462. The van der Waals surface area contributed by atoms with E-state index in [2.05, 4.69) is 5.32 Å². The molecule has 0 fully saturated rings. The maximum Gasteiger partial charge on any atom is 0.251 e. The Balaban J connectivity index is 2.33. The van der Waals surface area contributed by atoms with Gasteiger partial charge in [-0.3, -0.25) is 14.8 Å². The molecule has 98 valence electrons. The van der Waals surface area contributed by atoms with Crippen molar-refractivity contribution in [2.75, 3.05) is 6.54 Å². The zero-order chi connectivity index (χ0) is 13.4. The lowest BCUT2D eigenvalue weighted by molar-refractivity contribution is -0.129. The molecule has 0 radical (unpaired) electrons. The first-order valence-corrected chi connectivity index (χ1v) is 5.67. The maximum atomic E-state index is 11.7. The quantitative estimate of drug-likeness (QED) is 0.328. The fourth-order valence-electron chi connectivity index (χ4n) is 1.40. The molecule has 1 aromatic carbocycles. The molecule has 6 heteroatoms. The van der Waals surface area contributed by atoms with Crippen LogP contribution in [0.3, 0.4) is 0 Å². The summed E-state index contributed by atoms with van der Waals surface area (Å²) in [6.07, 6.45) is 0.641. The van der Waals surface area contributed by atoms with Crippen LogP contribution in [0.2, 0.25) is 0 Å². The van der Waals surface area contributed by atoms with Crippen molar-refractivity contribution in [3.63, 3.8) is 0 Å². The van der Waals surface area contributed by atoms with Gasteiger partial charge >= 0.3 is 0 Å². The Kier molecular flexibility index (Phi) is 5.83. The summed E-state index contributed by atoms with van der Waals surface area (Å²) < 4.78 is 0. The van der Waals surface area contributed by atoms with E-state index < -0.39 is 5.91 Å². The van der Waals surface area contributed by atoms with Gasteiger partial charge in [-0.2, -0.15) is 0 Å². The summed E-state index contributed by atoms with van der Waals surface area (Å²) in [6.45, 7) is 0.822. The number of rotatable bonds is 6. The van der Waals surface area contributed by atoms with Crippen LogP contribution in [0, 0.1) is 0 Å². The van der Waals surface area contributed by atoms with Crippen LogP contribution in [0.5, 0.6) is 0 Å². The number of nitrogens with two attached hydrogens (primary N) is 1. The van der Waals surface area contributed by atoms with Crippen molar-refractivity contribution in [3.8, 4) is 0 Å². The standard InChI is InChI=1S/C12H17N3O3/c13-8-9-3-5-10(6-4-9)12(17)14-7-1-2-11(16)15-18/h3-6,18H,1-2,7-8,13H2,(H,14,17)(H,15,16). The molecule has 6 nitrogen and oxygen atoms in total. The summed E-state index contributed by atoms with van der Waals surface area (Å²) in [6, 6.07) is 7.01. The lowest BCUT2D eigenvalue weighted by Crippen LogP contribution is -2.26. The second kappa shape index (κ2) is 7.41. The molecule has 0 heterocycles. The fourth-order valence-corrected chi connectivity index (χ4v) is 1.40. The van der Waals surface area contributed by atoms with Crippen LogP contribution < -0.4 is 16.5 Å². The van der Waals surface area contributed by atoms with Crippen LogP contribution in [-0.4, -0.2) is 23.6 Å². The number of carbonyl (C=O) groups excluding carboxylic acids is 2. The highest BCUT2D eigenvalue weighted by Crippen LogP contribution is 2.03. The van der Waals surface area contributed by atoms with Gasteiger partial charge in [0, 0.05) is 25.1 Å². The molecule has 5 N–H and O–H groups in total. The smallest absolute Gasteiger partial charge is 0.251 e.